The largest absolute Gasteiger partial charge is 0.393 e. The third-order valence-corrected chi connectivity index (χ3v) is 8.72. The highest BCUT2D eigenvalue weighted by molar-refractivity contribution is 7.53. The van der Waals surface area contributed by atoms with Crippen molar-refractivity contribution in [3.63, 3.8) is 0 Å². The van der Waals surface area contributed by atoms with E-state index in [0.717, 1.165) is 18.4 Å². The summed E-state index contributed by atoms with van der Waals surface area (Å²) in [7, 11) is -5.10. The molecular weight excluding hydrogens is 581 g/mol. The fourth-order valence-corrected chi connectivity index (χ4v) is 5.58. The monoisotopic (exact) mass is 611 g/mol. The topological polar surface area (TPSA) is 202 Å². The Labute approximate surface area is 239 Å². The molecule has 0 spiro atoms. The molecule has 5 atom stereocenters. The highest BCUT2D eigenvalue weighted by atomic mass is 35.5. The summed E-state index contributed by atoms with van der Waals surface area (Å²) in [5.74, 6) is 0.456. The maximum Gasteiger partial charge on any atom is 0.361 e. The molecule has 2 aromatic heterocycles. The zero-order valence-electron chi connectivity index (χ0n) is 21.7. The molecule has 0 radical (unpaired) electrons. The highest BCUT2D eigenvalue weighted by Crippen LogP contribution is 2.51. The number of nitrogens with zero attached hydrogens (tertiary/aromatic N) is 4. The Morgan fingerprint density at radius 3 is 2.56 bits per heavy atom. The van der Waals surface area contributed by atoms with Gasteiger partial charge < -0.3 is 44.6 Å². The number of aliphatic hydroxyl groups is 3. The van der Waals surface area contributed by atoms with Crippen LogP contribution in [0.4, 0.5) is 5.82 Å². The number of anilines is 1. The Morgan fingerprint density at radius 1 is 1.15 bits per heavy atom. The zero-order valence-corrected chi connectivity index (χ0v) is 23.4. The molecule has 14 nitrogen and oxygen atoms in total. The zero-order chi connectivity index (χ0) is 29.2. The predicted octanol–water partition coefficient (Wildman–Crippen LogP) is 1.33. The average molecular weight is 612 g/mol. The number of rotatable bonds is 12. The Hall–Kier alpha value is -2.49. The molecule has 1 fully saturated rings. The number of hydrogen-bond donors (Lipinski definition) is 6. The minimum atomic E-state index is -5.10. The highest BCUT2D eigenvalue weighted by Gasteiger charge is 2.51. The number of aliphatic hydroxyl groups excluding tert-OH is 3. The van der Waals surface area contributed by atoms with Crippen molar-refractivity contribution in [1.29, 1.82) is 0 Å². The van der Waals surface area contributed by atoms with Gasteiger partial charge >= 0.3 is 7.60 Å². The van der Waals surface area contributed by atoms with Gasteiger partial charge in [0.05, 0.1) is 38.0 Å². The van der Waals surface area contributed by atoms with Gasteiger partial charge in [-0.15, -0.1) is 0 Å². The third kappa shape index (κ3) is 6.32. The Balaban J connectivity index is 1.30. The van der Waals surface area contributed by atoms with Crippen molar-refractivity contribution >= 4 is 36.0 Å². The molecule has 0 saturated carbocycles. The van der Waals surface area contributed by atoms with Gasteiger partial charge in [0, 0.05) is 6.04 Å². The van der Waals surface area contributed by atoms with Gasteiger partial charge in [-0.25, -0.2) is 4.68 Å². The average Bonchev–Trinajstić information content (AvgIpc) is 3.67. The lowest BCUT2D eigenvalue weighted by atomic mass is 10.1. The van der Waals surface area contributed by atoms with Crippen LogP contribution in [0.15, 0.2) is 48.7 Å². The molecule has 1 aromatic carbocycles. The van der Waals surface area contributed by atoms with Crippen molar-refractivity contribution in [2.75, 3.05) is 25.1 Å². The molecule has 1 aliphatic heterocycles. The van der Waals surface area contributed by atoms with E-state index in [4.69, 9.17) is 25.8 Å². The molecule has 41 heavy (non-hydrogen) atoms. The number of halogens is 1. The normalized spacial score (nSPS) is 24.7. The van der Waals surface area contributed by atoms with Crippen LogP contribution in [-0.4, -0.2) is 94.4 Å². The SMILES string of the molecule is O=P(O)(O)[C@@](CO)(COCc1ccccc1)OC[C@H]1O[C@@H](n2ncc3c(NC4CC=CC4)nc(Cl)nc32)[C@H](O)[C@@H]1O. The fraction of sp³-hybridized carbons (Fsp3) is 0.480. The van der Waals surface area contributed by atoms with Gasteiger partial charge in [-0.05, 0) is 30.0 Å². The van der Waals surface area contributed by atoms with Crippen LogP contribution < -0.4 is 5.32 Å². The molecule has 222 valence electrons. The summed E-state index contributed by atoms with van der Waals surface area (Å²) >= 11 is 6.18. The minimum Gasteiger partial charge on any atom is -0.393 e. The van der Waals surface area contributed by atoms with Crippen LogP contribution in [0.25, 0.3) is 11.0 Å². The fourth-order valence-electron chi connectivity index (χ4n) is 4.73. The second kappa shape index (κ2) is 12.4. The van der Waals surface area contributed by atoms with Gasteiger partial charge in [0.2, 0.25) is 10.6 Å². The first kappa shape index (κ1) is 30.0. The van der Waals surface area contributed by atoms with Crippen LogP contribution >= 0.6 is 19.2 Å². The number of benzene rings is 1. The Kier molecular flexibility index (Phi) is 9.07. The number of nitrogens with one attached hydrogen (secondary N) is 1. The van der Waals surface area contributed by atoms with Crippen LogP contribution in [0.5, 0.6) is 0 Å². The summed E-state index contributed by atoms with van der Waals surface area (Å²) in [6.45, 7) is -2.30. The lowest BCUT2D eigenvalue weighted by molar-refractivity contribution is -0.131. The van der Waals surface area contributed by atoms with Crippen LogP contribution in [0.2, 0.25) is 5.28 Å². The lowest BCUT2D eigenvalue weighted by Gasteiger charge is -2.33. The van der Waals surface area contributed by atoms with Gasteiger partial charge in [0.1, 0.15) is 24.1 Å². The smallest absolute Gasteiger partial charge is 0.361 e. The Bertz CT molecular complexity index is 1420. The maximum absolute atomic E-state index is 12.4. The van der Waals surface area contributed by atoms with E-state index in [1.807, 2.05) is 6.07 Å². The van der Waals surface area contributed by atoms with Gasteiger partial charge in [-0.2, -0.15) is 15.1 Å². The summed E-state index contributed by atoms with van der Waals surface area (Å²) in [6, 6.07) is 9.04. The van der Waals surface area contributed by atoms with E-state index >= 15 is 0 Å². The number of ether oxygens (including phenoxy) is 3. The molecule has 1 saturated heterocycles. The molecular formula is C25H31ClN5O9P. The van der Waals surface area contributed by atoms with Gasteiger partial charge in [0.25, 0.3) is 0 Å². The quantitative estimate of drug-likeness (QED) is 0.0973. The van der Waals surface area contributed by atoms with Crippen molar-refractivity contribution in [3.8, 4) is 0 Å². The van der Waals surface area contributed by atoms with Crippen LogP contribution in [-0.2, 0) is 25.4 Å². The summed E-state index contributed by atoms with van der Waals surface area (Å²) in [5, 5.41) is 37.1. The molecule has 3 aromatic rings. The molecule has 6 N–H and O–H groups in total. The molecule has 2 aliphatic rings. The van der Waals surface area contributed by atoms with Gasteiger partial charge in [-0.3, -0.25) is 4.57 Å². The summed E-state index contributed by atoms with van der Waals surface area (Å²) in [5.41, 5.74) is 0.990. The van der Waals surface area contributed by atoms with Crippen LogP contribution in [0.3, 0.4) is 0 Å². The standard InChI is InChI=1S/C25H31ClN5O9P/c26-24-29-21(28-16-8-4-5-9-16)17-10-27-31(22(17)30-24)23-20(34)19(33)18(40-23)12-39-25(13-32,41(35,36)37)14-38-11-15-6-2-1-3-7-15/h1-7,10,16,18-20,23,32-34H,8-9,11-14H2,(H,28,29,30)(H2,35,36,37)/t18-,19-,20-,23-,25+/m1/s1. The van der Waals surface area contributed by atoms with E-state index in [1.54, 1.807) is 24.3 Å². The molecule has 1 aliphatic carbocycles. The molecule has 0 unspecified atom stereocenters. The minimum absolute atomic E-state index is 0.0141. The number of hydrogen-bond acceptors (Lipinski definition) is 11. The molecule has 0 bridgehead atoms. The van der Waals surface area contributed by atoms with E-state index in [1.165, 1.54) is 10.9 Å². The number of aromatic nitrogens is 4. The summed E-state index contributed by atoms with van der Waals surface area (Å²) in [4.78, 5) is 28.6. The van der Waals surface area contributed by atoms with E-state index in [9.17, 15) is 29.7 Å². The van der Waals surface area contributed by atoms with Crippen molar-refractivity contribution in [3.05, 3.63) is 59.5 Å². The van der Waals surface area contributed by atoms with Crippen molar-refractivity contribution in [2.24, 2.45) is 0 Å². The van der Waals surface area contributed by atoms with E-state index < -0.39 is 57.3 Å². The molecule has 5 rings (SSSR count). The first-order valence-corrected chi connectivity index (χ1v) is 14.9. The third-order valence-electron chi connectivity index (χ3n) is 7.09. The van der Waals surface area contributed by atoms with E-state index in [2.05, 4.69) is 32.5 Å². The van der Waals surface area contributed by atoms with E-state index in [-0.39, 0.29) is 23.6 Å². The first-order chi connectivity index (χ1) is 19.6. The first-order valence-electron chi connectivity index (χ1n) is 12.9. The predicted molar refractivity (Wildman–Crippen MR) is 146 cm³/mol. The maximum atomic E-state index is 12.4. The summed E-state index contributed by atoms with van der Waals surface area (Å²) in [6.07, 6.45) is 1.70. The van der Waals surface area contributed by atoms with Gasteiger partial charge in [-0.1, -0.05) is 42.5 Å². The van der Waals surface area contributed by atoms with Crippen LogP contribution in [0.1, 0.15) is 24.6 Å². The summed E-state index contributed by atoms with van der Waals surface area (Å²) < 4.78 is 30.5. The van der Waals surface area contributed by atoms with Crippen LogP contribution in [0, 0.1) is 0 Å². The number of fused-ring (bicyclic) bond motifs is 1. The van der Waals surface area contributed by atoms with Crippen molar-refractivity contribution in [1.82, 2.24) is 19.7 Å². The van der Waals surface area contributed by atoms with Crippen molar-refractivity contribution in [2.45, 2.75) is 55.4 Å². The second-order valence-corrected chi connectivity index (χ2v) is 12.2. The van der Waals surface area contributed by atoms with Gasteiger partial charge in [0.15, 0.2) is 11.9 Å². The molecule has 0 amide bonds. The van der Waals surface area contributed by atoms with E-state index in [0.29, 0.717) is 11.2 Å². The second-order valence-electron chi connectivity index (χ2n) is 9.94. The van der Waals surface area contributed by atoms with Crippen molar-refractivity contribution < 1.29 is 43.9 Å². The Morgan fingerprint density at radius 2 is 1.88 bits per heavy atom. The lowest BCUT2D eigenvalue weighted by Crippen LogP contribution is -2.45. The molecule has 16 heteroatoms. The molecule has 3 heterocycles.